The van der Waals surface area contributed by atoms with Crippen molar-refractivity contribution in [3.8, 4) is 23.0 Å². The Balaban J connectivity index is 1.47. The average molecular weight is 416 g/mol. The normalized spacial score (nSPS) is 13.5. The Hall–Kier alpha value is -4.06. The third-order valence-electron chi connectivity index (χ3n) is 4.81. The van der Waals surface area contributed by atoms with Crippen LogP contribution in [-0.2, 0) is 11.2 Å². The lowest BCUT2D eigenvalue weighted by Gasteiger charge is -2.07. The second-order valence-corrected chi connectivity index (χ2v) is 6.84. The van der Waals surface area contributed by atoms with Gasteiger partial charge in [-0.25, -0.2) is 0 Å². The van der Waals surface area contributed by atoms with Crippen LogP contribution in [-0.4, -0.2) is 26.0 Å². The number of hydrogen-bond donors (Lipinski definition) is 0. The molecule has 0 aromatic heterocycles. The maximum Gasteiger partial charge on any atom is 0.315 e. The molecule has 0 atom stereocenters. The third-order valence-corrected chi connectivity index (χ3v) is 4.81. The summed E-state index contributed by atoms with van der Waals surface area (Å²) in [6, 6.07) is 19.2. The van der Waals surface area contributed by atoms with Crippen molar-refractivity contribution >= 4 is 17.8 Å². The van der Waals surface area contributed by atoms with Gasteiger partial charge in [0.15, 0.2) is 5.76 Å². The summed E-state index contributed by atoms with van der Waals surface area (Å²) in [5.41, 5.74) is 1.95. The first-order valence-electron chi connectivity index (χ1n) is 9.62. The molecule has 0 spiro atoms. The van der Waals surface area contributed by atoms with E-state index in [2.05, 4.69) is 0 Å². The number of ketones is 1. The Kier molecular flexibility index (Phi) is 5.71. The van der Waals surface area contributed by atoms with E-state index in [0.717, 1.165) is 16.9 Å². The van der Waals surface area contributed by atoms with E-state index >= 15 is 0 Å². The zero-order valence-corrected chi connectivity index (χ0v) is 17.1. The fourth-order valence-electron chi connectivity index (χ4n) is 3.24. The fraction of sp³-hybridized carbons (Fsp3) is 0.120. The minimum atomic E-state index is -0.417. The fourth-order valence-corrected chi connectivity index (χ4v) is 3.24. The number of carbonyl (C=O) groups excluding carboxylic acids is 2. The molecule has 4 rings (SSSR count). The van der Waals surface area contributed by atoms with Crippen molar-refractivity contribution in [1.82, 2.24) is 0 Å². The van der Waals surface area contributed by atoms with Gasteiger partial charge in [0.05, 0.1) is 26.2 Å². The highest BCUT2D eigenvalue weighted by Crippen LogP contribution is 2.35. The molecule has 0 saturated heterocycles. The van der Waals surface area contributed by atoms with Gasteiger partial charge in [-0.2, -0.15) is 0 Å². The monoisotopic (exact) mass is 416 g/mol. The second kappa shape index (κ2) is 8.75. The standard InChI is InChI=1S/C25H20O6/c1-28-18-9-7-16(8-10-18)13-24(26)30-19-11-12-20-22(15-19)31-23(25(20)27)14-17-5-3-4-6-21(17)29-2/h3-12,14-15H,13H2,1-2H3/b23-14-. The molecule has 1 heterocycles. The number of allylic oxidation sites excluding steroid dienone is 1. The van der Waals surface area contributed by atoms with Gasteiger partial charge >= 0.3 is 5.97 Å². The summed E-state index contributed by atoms with van der Waals surface area (Å²) >= 11 is 0. The summed E-state index contributed by atoms with van der Waals surface area (Å²) in [6.07, 6.45) is 1.75. The van der Waals surface area contributed by atoms with Crippen molar-refractivity contribution in [2.24, 2.45) is 0 Å². The van der Waals surface area contributed by atoms with E-state index in [4.69, 9.17) is 18.9 Å². The van der Waals surface area contributed by atoms with E-state index in [1.54, 1.807) is 68.8 Å². The average Bonchev–Trinajstić information content (AvgIpc) is 3.09. The largest absolute Gasteiger partial charge is 0.497 e. The smallest absolute Gasteiger partial charge is 0.315 e. The van der Waals surface area contributed by atoms with Crippen molar-refractivity contribution in [3.63, 3.8) is 0 Å². The first-order valence-corrected chi connectivity index (χ1v) is 9.62. The van der Waals surface area contributed by atoms with Crippen molar-refractivity contribution in [2.45, 2.75) is 6.42 Å². The summed E-state index contributed by atoms with van der Waals surface area (Å²) < 4.78 is 21.6. The quantitative estimate of drug-likeness (QED) is 0.336. The van der Waals surface area contributed by atoms with Gasteiger partial charge in [-0.1, -0.05) is 30.3 Å². The Morgan fingerprint density at radius 2 is 1.68 bits per heavy atom. The van der Waals surface area contributed by atoms with Crippen molar-refractivity contribution in [2.75, 3.05) is 14.2 Å². The summed E-state index contributed by atoms with van der Waals surface area (Å²) in [7, 11) is 3.15. The number of methoxy groups -OCH3 is 2. The topological polar surface area (TPSA) is 71.1 Å². The minimum Gasteiger partial charge on any atom is -0.497 e. The number of rotatable bonds is 6. The Morgan fingerprint density at radius 1 is 0.935 bits per heavy atom. The molecule has 3 aromatic carbocycles. The summed E-state index contributed by atoms with van der Waals surface area (Å²) in [5.74, 6) is 1.53. The van der Waals surface area contributed by atoms with Crippen LogP contribution in [0.2, 0.25) is 0 Å². The maximum atomic E-state index is 12.7. The molecule has 0 amide bonds. The zero-order chi connectivity index (χ0) is 21.8. The number of fused-ring (bicyclic) bond motifs is 1. The van der Waals surface area contributed by atoms with Crippen LogP contribution in [0.3, 0.4) is 0 Å². The van der Waals surface area contributed by atoms with E-state index in [-0.39, 0.29) is 18.0 Å². The molecule has 3 aromatic rings. The number of para-hydroxylation sites is 1. The van der Waals surface area contributed by atoms with E-state index < -0.39 is 5.97 Å². The van der Waals surface area contributed by atoms with Crippen LogP contribution in [0.1, 0.15) is 21.5 Å². The minimum absolute atomic E-state index is 0.111. The maximum absolute atomic E-state index is 12.7. The van der Waals surface area contributed by atoms with E-state index in [9.17, 15) is 9.59 Å². The molecular formula is C25H20O6. The van der Waals surface area contributed by atoms with Gasteiger partial charge < -0.3 is 18.9 Å². The SMILES string of the molecule is COc1ccc(CC(=O)Oc2ccc3c(c2)O/C(=C\c2ccccc2OC)C3=O)cc1. The number of Topliss-reactive ketones (excluding diaryl/α,β-unsaturated/α-hetero) is 1. The van der Waals surface area contributed by atoms with Gasteiger partial charge in [0.1, 0.15) is 23.0 Å². The molecule has 0 aliphatic carbocycles. The van der Waals surface area contributed by atoms with E-state index in [1.165, 1.54) is 0 Å². The zero-order valence-electron chi connectivity index (χ0n) is 17.1. The summed E-state index contributed by atoms with van der Waals surface area (Å²) in [5, 5.41) is 0. The first-order chi connectivity index (χ1) is 15.1. The Morgan fingerprint density at radius 3 is 2.42 bits per heavy atom. The van der Waals surface area contributed by atoms with Gasteiger partial charge in [0.2, 0.25) is 5.78 Å². The van der Waals surface area contributed by atoms with Crippen molar-refractivity contribution in [1.29, 1.82) is 0 Å². The van der Waals surface area contributed by atoms with Crippen molar-refractivity contribution in [3.05, 3.63) is 89.2 Å². The number of esters is 1. The molecule has 0 N–H and O–H groups in total. The lowest BCUT2D eigenvalue weighted by atomic mass is 10.1. The molecule has 0 bridgehead atoms. The van der Waals surface area contributed by atoms with Crippen LogP contribution in [0.4, 0.5) is 0 Å². The predicted molar refractivity (Wildman–Crippen MR) is 115 cm³/mol. The molecule has 0 radical (unpaired) electrons. The van der Waals surface area contributed by atoms with Gasteiger partial charge in [0.25, 0.3) is 0 Å². The van der Waals surface area contributed by atoms with Gasteiger partial charge in [0, 0.05) is 11.6 Å². The lowest BCUT2D eigenvalue weighted by Crippen LogP contribution is -2.11. The highest BCUT2D eigenvalue weighted by Gasteiger charge is 2.28. The van der Waals surface area contributed by atoms with E-state index in [1.807, 2.05) is 18.2 Å². The second-order valence-electron chi connectivity index (χ2n) is 6.84. The summed E-state index contributed by atoms with van der Waals surface area (Å²) in [4.78, 5) is 25.0. The molecule has 0 fully saturated rings. The number of ether oxygens (including phenoxy) is 4. The van der Waals surface area contributed by atoms with Crippen LogP contribution in [0.5, 0.6) is 23.0 Å². The third kappa shape index (κ3) is 4.43. The molecule has 1 aliphatic rings. The Bertz CT molecular complexity index is 1160. The van der Waals surface area contributed by atoms with Crippen LogP contribution >= 0.6 is 0 Å². The first kappa shape index (κ1) is 20.2. The highest BCUT2D eigenvalue weighted by atomic mass is 16.5. The van der Waals surface area contributed by atoms with Crippen LogP contribution in [0, 0.1) is 0 Å². The van der Waals surface area contributed by atoms with Crippen LogP contribution < -0.4 is 18.9 Å². The van der Waals surface area contributed by atoms with Crippen LogP contribution in [0.25, 0.3) is 6.08 Å². The van der Waals surface area contributed by atoms with Crippen LogP contribution in [0.15, 0.2) is 72.5 Å². The predicted octanol–water partition coefficient (Wildman–Crippen LogP) is 4.47. The number of benzene rings is 3. The molecule has 156 valence electrons. The van der Waals surface area contributed by atoms with Gasteiger partial charge in [-0.3, -0.25) is 9.59 Å². The van der Waals surface area contributed by atoms with Crippen molar-refractivity contribution < 1.29 is 28.5 Å². The van der Waals surface area contributed by atoms with Gasteiger partial charge in [-0.15, -0.1) is 0 Å². The molecule has 6 heteroatoms. The molecule has 1 aliphatic heterocycles. The molecular weight excluding hydrogens is 396 g/mol. The summed E-state index contributed by atoms with van der Waals surface area (Å²) in [6.45, 7) is 0. The molecule has 31 heavy (non-hydrogen) atoms. The highest BCUT2D eigenvalue weighted by molar-refractivity contribution is 6.14. The molecule has 0 unspecified atom stereocenters. The number of hydrogen-bond acceptors (Lipinski definition) is 6. The molecule has 0 saturated carbocycles. The number of carbonyl (C=O) groups is 2. The molecule has 6 nitrogen and oxygen atoms in total. The Labute approximate surface area is 179 Å². The lowest BCUT2D eigenvalue weighted by molar-refractivity contribution is -0.133. The van der Waals surface area contributed by atoms with E-state index in [0.29, 0.717) is 22.8 Å². The van der Waals surface area contributed by atoms with Gasteiger partial charge in [-0.05, 0) is 42.0 Å².